The van der Waals surface area contributed by atoms with Gasteiger partial charge >= 0.3 is 0 Å². The minimum absolute atomic E-state index is 0.307. The minimum atomic E-state index is 0.307. The monoisotopic (exact) mass is 334 g/mol. The molecule has 1 fully saturated rings. The van der Waals surface area contributed by atoms with Gasteiger partial charge in [-0.15, -0.1) is 0 Å². The molecule has 106 valence electrons. The molecule has 3 rings (SSSR count). The number of pyridine rings is 1. The van der Waals surface area contributed by atoms with Crippen LogP contribution in [-0.2, 0) is 6.54 Å². The van der Waals surface area contributed by atoms with Gasteiger partial charge in [0, 0.05) is 35.8 Å². The molecule has 0 aliphatic carbocycles. The van der Waals surface area contributed by atoms with Crippen LogP contribution in [0.4, 0.5) is 0 Å². The zero-order valence-electron chi connectivity index (χ0n) is 11.4. The van der Waals surface area contributed by atoms with Crippen molar-refractivity contribution in [1.29, 1.82) is 0 Å². The number of hydrogen-bond acceptors (Lipinski definition) is 3. The number of benzene rings is 1. The van der Waals surface area contributed by atoms with E-state index in [2.05, 4.69) is 44.0 Å². The maximum absolute atomic E-state index is 9.04. The summed E-state index contributed by atoms with van der Waals surface area (Å²) in [6.45, 7) is 3.46. The quantitative estimate of drug-likeness (QED) is 0.932. The van der Waals surface area contributed by atoms with E-state index in [9.17, 15) is 0 Å². The maximum atomic E-state index is 9.04. The Balaban J connectivity index is 1.80. The van der Waals surface area contributed by atoms with E-state index in [1.54, 1.807) is 0 Å². The average Bonchev–Trinajstić information content (AvgIpc) is 2.90. The Morgan fingerprint density at radius 2 is 2.25 bits per heavy atom. The number of rotatable bonds is 4. The van der Waals surface area contributed by atoms with Crippen LogP contribution in [0.25, 0.3) is 10.9 Å². The van der Waals surface area contributed by atoms with Crippen molar-refractivity contribution in [2.24, 2.45) is 5.92 Å². The third-order valence-electron chi connectivity index (χ3n) is 4.10. The van der Waals surface area contributed by atoms with Crippen molar-refractivity contribution in [1.82, 2.24) is 9.88 Å². The summed E-state index contributed by atoms with van der Waals surface area (Å²) in [7, 11) is 0. The third kappa shape index (κ3) is 2.87. The highest BCUT2D eigenvalue weighted by molar-refractivity contribution is 9.10. The van der Waals surface area contributed by atoms with Gasteiger partial charge in [0.2, 0.25) is 0 Å². The van der Waals surface area contributed by atoms with Crippen LogP contribution in [0.3, 0.4) is 0 Å². The first-order valence-corrected chi connectivity index (χ1v) is 7.92. The highest BCUT2D eigenvalue weighted by Gasteiger charge is 2.22. The van der Waals surface area contributed by atoms with Gasteiger partial charge in [-0.25, -0.2) is 0 Å². The first-order chi connectivity index (χ1) is 9.78. The molecule has 1 N–H and O–H groups in total. The van der Waals surface area contributed by atoms with Gasteiger partial charge in [0.05, 0.1) is 5.52 Å². The number of aliphatic hydroxyl groups is 1. The standard InChI is InChI=1S/C16H19BrN2O/c17-15-4-3-13(16-14(15)2-1-7-18-16)11-19-8-5-12(10-19)6-9-20/h1-4,7,12,20H,5-6,8-11H2/t12-/m1/s1. The molecule has 1 aromatic heterocycles. The molecule has 20 heavy (non-hydrogen) atoms. The van der Waals surface area contributed by atoms with Crippen LogP contribution in [0.5, 0.6) is 0 Å². The molecule has 1 atom stereocenters. The zero-order valence-corrected chi connectivity index (χ0v) is 13.0. The SMILES string of the molecule is OCC[C@H]1CCN(Cc2ccc(Br)c3cccnc23)C1. The highest BCUT2D eigenvalue weighted by atomic mass is 79.9. The van der Waals surface area contributed by atoms with Gasteiger partial charge in [-0.3, -0.25) is 9.88 Å². The number of nitrogens with zero attached hydrogens (tertiary/aromatic N) is 2. The molecule has 4 heteroatoms. The van der Waals surface area contributed by atoms with E-state index in [0.29, 0.717) is 12.5 Å². The number of aliphatic hydroxyl groups excluding tert-OH is 1. The van der Waals surface area contributed by atoms with Crippen molar-refractivity contribution in [3.63, 3.8) is 0 Å². The fourth-order valence-corrected chi connectivity index (χ4v) is 3.49. The second kappa shape index (κ2) is 6.20. The number of halogens is 1. The predicted molar refractivity (Wildman–Crippen MR) is 84.5 cm³/mol. The van der Waals surface area contributed by atoms with Gasteiger partial charge in [-0.05, 0) is 43.0 Å². The third-order valence-corrected chi connectivity index (χ3v) is 4.79. The van der Waals surface area contributed by atoms with Crippen molar-refractivity contribution in [3.05, 3.63) is 40.5 Å². The highest BCUT2D eigenvalue weighted by Crippen LogP contribution is 2.28. The van der Waals surface area contributed by atoms with Crippen LogP contribution in [-0.4, -0.2) is 34.7 Å². The first-order valence-electron chi connectivity index (χ1n) is 7.13. The summed E-state index contributed by atoms with van der Waals surface area (Å²) in [6.07, 6.45) is 3.98. The zero-order chi connectivity index (χ0) is 13.9. The second-order valence-electron chi connectivity index (χ2n) is 5.51. The normalized spacial score (nSPS) is 19.8. The van der Waals surface area contributed by atoms with Gasteiger partial charge in [0.15, 0.2) is 0 Å². The Labute approximate surface area is 127 Å². The molecule has 1 saturated heterocycles. The second-order valence-corrected chi connectivity index (χ2v) is 6.36. The van der Waals surface area contributed by atoms with Crippen molar-refractivity contribution in [2.45, 2.75) is 19.4 Å². The van der Waals surface area contributed by atoms with E-state index < -0.39 is 0 Å². The summed E-state index contributed by atoms with van der Waals surface area (Å²) in [4.78, 5) is 7.01. The molecule has 2 heterocycles. The molecular formula is C16H19BrN2O. The Morgan fingerprint density at radius 3 is 3.10 bits per heavy atom. The molecule has 0 bridgehead atoms. The Kier molecular flexibility index (Phi) is 4.34. The topological polar surface area (TPSA) is 36.4 Å². The number of likely N-dealkylation sites (tertiary alicyclic amines) is 1. The van der Waals surface area contributed by atoms with Crippen molar-refractivity contribution in [3.8, 4) is 0 Å². The van der Waals surface area contributed by atoms with Crippen LogP contribution in [0.2, 0.25) is 0 Å². The Hall–Kier alpha value is -0.970. The van der Waals surface area contributed by atoms with Crippen LogP contribution < -0.4 is 0 Å². The van der Waals surface area contributed by atoms with E-state index in [-0.39, 0.29) is 0 Å². The minimum Gasteiger partial charge on any atom is -0.396 e. The molecule has 1 aliphatic heterocycles. The smallest absolute Gasteiger partial charge is 0.0758 e. The lowest BCUT2D eigenvalue weighted by Gasteiger charge is -2.17. The first kappa shape index (κ1) is 14.0. The molecule has 2 aromatic rings. The average molecular weight is 335 g/mol. The van der Waals surface area contributed by atoms with Crippen LogP contribution in [0.1, 0.15) is 18.4 Å². The summed E-state index contributed by atoms with van der Waals surface area (Å²) in [5.41, 5.74) is 2.38. The summed E-state index contributed by atoms with van der Waals surface area (Å²) >= 11 is 3.59. The Bertz CT molecular complexity index is 602. The van der Waals surface area contributed by atoms with Gasteiger partial charge in [0.1, 0.15) is 0 Å². The summed E-state index contributed by atoms with van der Waals surface area (Å²) in [5, 5.41) is 10.2. The molecule has 0 radical (unpaired) electrons. The van der Waals surface area contributed by atoms with E-state index in [0.717, 1.165) is 36.0 Å². The predicted octanol–water partition coefficient (Wildman–Crippen LogP) is 3.20. The van der Waals surface area contributed by atoms with Gasteiger partial charge in [-0.1, -0.05) is 28.1 Å². The van der Waals surface area contributed by atoms with Gasteiger partial charge in [-0.2, -0.15) is 0 Å². The molecule has 1 aliphatic rings. The Morgan fingerprint density at radius 1 is 1.35 bits per heavy atom. The molecule has 0 amide bonds. The lowest BCUT2D eigenvalue weighted by atomic mass is 10.1. The van der Waals surface area contributed by atoms with E-state index in [4.69, 9.17) is 5.11 Å². The molecule has 0 saturated carbocycles. The summed E-state index contributed by atoms with van der Waals surface area (Å²) in [5.74, 6) is 0.648. The molecular weight excluding hydrogens is 316 g/mol. The molecule has 0 unspecified atom stereocenters. The molecule has 3 nitrogen and oxygen atoms in total. The van der Waals surface area contributed by atoms with E-state index >= 15 is 0 Å². The van der Waals surface area contributed by atoms with Crippen molar-refractivity contribution >= 4 is 26.8 Å². The molecule has 0 spiro atoms. The van der Waals surface area contributed by atoms with E-state index in [1.807, 2.05) is 12.3 Å². The lowest BCUT2D eigenvalue weighted by Crippen LogP contribution is -2.20. The van der Waals surface area contributed by atoms with Crippen LogP contribution >= 0.6 is 15.9 Å². The fraction of sp³-hybridized carbons (Fsp3) is 0.438. The van der Waals surface area contributed by atoms with E-state index in [1.165, 1.54) is 17.4 Å². The van der Waals surface area contributed by atoms with Crippen molar-refractivity contribution < 1.29 is 5.11 Å². The van der Waals surface area contributed by atoms with Crippen LogP contribution in [0, 0.1) is 5.92 Å². The van der Waals surface area contributed by atoms with Crippen LogP contribution in [0.15, 0.2) is 34.9 Å². The largest absolute Gasteiger partial charge is 0.396 e. The fourth-order valence-electron chi connectivity index (χ4n) is 3.04. The van der Waals surface area contributed by atoms with Crippen molar-refractivity contribution in [2.75, 3.05) is 19.7 Å². The maximum Gasteiger partial charge on any atom is 0.0758 e. The van der Waals surface area contributed by atoms with Gasteiger partial charge < -0.3 is 5.11 Å². The van der Waals surface area contributed by atoms with Gasteiger partial charge in [0.25, 0.3) is 0 Å². The summed E-state index contributed by atoms with van der Waals surface area (Å²) < 4.78 is 1.10. The summed E-state index contributed by atoms with van der Waals surface area (Å²) in [6, 6.07) is 8.36. The lowest BCUT2D eigenvalue weighted by molar-refractivity contribution is 0.249. The molecule has 1 aromatic carbocycles. The number of hydrogen-bond donors (Lipinski definition) is 1. The number of fused-ring (bicyclic) bond motifs is 1. The number of aromatic nitrogens is 1.